The van der Waals surface area contributed by atoms with E-state index < -0.39 is 9.84 Å². The molecule has 0 saturated carbocycles. The summed E-state index contributed by atoms with van der Waals surface area (Å²) >= 11 is 0. The minimum absolute atomic E-state index is 0.0324. The third kappa shape index (κ3) is 1.08. The van der Waals surface area contributed by atoms with Gasteiger partial charge in [0.15, 0.2) is 9.84 Å². The van der Waals surface area contributed by atoms with Crippen molar-refractivity contribution in [1.29, 1.82) is 0 Å². The second kappa shape index (κ2) is 2.22. The monoisotopic (exact) mass is 187 g/mol. The first-order chi connectivity index (χ1) is 5.58. The standard InChI is InChI=1S/C6H9N3O2S/c7-6-4-3-12(10,11)2-1-5(4)8-9-6/h1-3H2,(H3,7,8,9). The quantitative estimate of drug-likeness (QED) is 0.571. The van der Waals surface area contributed by atoms with Crippen molar-refractivity contribution in [3.8, 4) is 0 Å². The van der Waals surface area contributed by atoms with Gasteiger partial charge in [-0.3, -0.25) is 5.10 Å². The van der Waals surface area contributed by atoms with Crippen molar-refractivity contribution in [3.05, 3.63) is 11.3 Å². The second-order valence-electron chi connectivity index (χ2n) is 2.91. The van der Waals surface area contributed by atoms with Gasteiger partial charge in [-0.15, -0.1) is 0 Å². The van der Waals surface area contributed by atoms with E-state index in [1.165, 1.54) is 0 Å². The van der Waals surface area contributed by atoms with Crippen LogP contribution >= 0.6 is 0 Å². The number of aryl methyl sites for hydroxylation is 1. The van der Waals surface area contributed by atoms with Crippen LogP contribution in [0.25, 0.3) is 0 Å². The molecule has 1 aliphatic heterocycles. The number of nitrogens with zero attached hydrogens (tertiary/aromatic N) is 1. The molecule has 2 rings (SSSR count). The summed E-state index contributed by atoms with van der Waals surface area (Å²) in [5.41, 5.74) is 6.99. The highest BCUT2D eigenvalue weighted by Crippen LogP contribution is 2.22. The molecule has 0 spiro atoms. The summed E-state index contributed by atoms with van der Waals surface area (Å²) in [6.45, 7) is 0. The zero-order valence-corrected chi connectivity index (χ0v) is 7.19. The van der Waals surface area contributed by atoms with Crippen LogP contribution in [0.3, 0.4) is 0 Å². The number of aromatic amines is 1. The molecule has 12 heavy (non-hydrogen) atoms. The molecule has 0 bridgehead atoms. The van der Waals surface area contributed by atoms with E-state index in [1.807, 2.05) is 0 Å². The summed E-state index contributed by atoms with van der Waals surface area (Å²) in [4.78, 5) is 0. The lowest BCUT2D eigenvalue weighted by molar-refractivity contribution is 0.591. The van der Waals surface area contributed by atoms with E-state index in [1.54, 1.807) is 0 Å². The molecule has 0 radical (unpaired) electrons. The summed E-state index contributed by atoms with van der Waals surface area (Å²) in [6.07, 6.45) is 0.502. The maximum atomic E-state index is 11.2. The van der Waals surface area contributed by atoms with Crippen LogP contribution in [-0.4, -0.2) is 24.4 Å². The number of nitrogens with one attached hydrogen (secondary N) is 1. The Morgan fingerprint density at radius 2 is 2.25 bits per heavy atom. The lowest BCUT2D eigenvalue weighted by atomic mass is 10.2. The molecule has 0 fully saturated rings. The molecule has 2 heterocycles. The van der Waals surface area contributed by atoms with Crippen LogP contribution in [-0.2, 0) is 22.0 Å². The topological polar surface area (TPSA) is 88.8 Å². The number of sulfone groups is 1. The van der Waals surface area contributed by atoms with Gasteiger partial charge in [0.2, 0.25) is 0 Å². The molecule has 0 aromatic carbocycles. The van der Waals surface area contributed by atoms with Gasteiger partial charge in [0.25, 0.3) is 0 Å². The summed E-state index contributed by atoms with van der Waals surface area (Å²) in [7, 11) is -2.93. The SMILES string of the molecule is Nc1n[nH]c2c1CS(=O)(=O)CC2. The third-order valence-electron chi connectivity index (χ3n) is 2.01. The Balaban J connectivity index is 2.52. The van der Waals surface area contributed by atoms with Gasteiger partial charge in [-0.1, -0.05) is 0 Å². The van der Waals surface area contributed by atoms with Crippen molar-refractivity contribution in [3.63, 3.8) is 0 Å². The number of rotatable bonds is 0. The number of fused-ring (bicyclic) bond motifs is 1. The van der Waals surface area contributed by atoms with Gasteiger partial charge >= 0.3 is 0 Å². The number of anilines is 1. The van der Waals surface area contributed by atoms with Crippen LogP contribution in [0.5, 0.6) is 0 Å². The molecule has 6 heteroatoms. The van der Waals surface area contributed by atoms with Crippen LogP contribution in [0, 0.1) is 0 Å². The maximum Gasteiger partial charge on any atom is 0.155 e. The number of nitrogens with two attached hydrogens (primary N) is 1. The zero-order chi connectivity index (χ0) is 8.77. The zero-order valence-electron chi connectivity index (χ0n) is 6.37. The fraction of sp³-hybridized carbons (Fsp3) is 0.500. The van der Waals surface area contributed by atoms with Crippen LogP contribution in [0.1, 0.15) is 11.3 Å². The highest BCUT2D eigenvalue weighted by molar-refractivity contribution is 7.90. The van der Waals surface area contributed by atoms with Crippen LogP contribution in [0.4, 0.5) is 5.82 Å². The Morgan fingerprint density at radius 1 is 1.50 bits per heavy atom. The predicted octanol–water partition coefficient (Wildman–Crippen LogP) is -0.537. The van der Waals surface area contributed by atoms with E-state index in [9.17, 15) is 8.42 Å². The molecule has 5 nitrogen and oxygen atoms in total. The van der Waals surface area contributed by atoms with E-state index in [0.29, 0.717) is 17.8 Å². The first-order valence-corrected chi connectivity index (χ1v) is 5.43. The van der Waals surface area contributed by atoms with Gasteiger partial charge in [-0.2, -0.15) is 5.10 Å². The number of hydrogen-bond acceptors (Lipinski definition) is 4. The minimum Gasteiger partial charge on any atom is -0.382 e. The van der Waals surface area contributed by atoms with Crippen molar-refractivity contribution in [1.82, 2.24) is 10.2 Å². The Bertz CT molecular complexity index is 406. The van der Waals surface area contributed by atoms with E-state index in [-0.39, 0.29) is 11.5 Å². The number of nitrogen functional groups attached to an aromatic ring is 1. The fourth-order valence-electron chi connectivity index (χ4n) is 1.33. The molecular formula is C6H9N3O2S. The van der Waals surface area contributed by atoms with Crippen LogP contribution < -0.4 is 5.73 Å². The smallest absolute Gasteiger partial charge is 0.155 e. The molecule has 3 N–H and O–H groups in total. The first-order valence-electron chi connectivity index (χ1n) is 3.60. The molecule has 0 amide bonds. The molecule has 0 atom stereocenters. The highest BCUT2D eigenvalue weighted by Gasteiger charge is 2.24. The van der Waals surface area contributed by atoms with Crippen molar-refractivity contribution in [2.75, 3.05) is 11.5 Å². The number of hydrogen-bond donors (Lipinski definition) is 2. The number of H-pyrrole nitrogens is 1. The maximum absolute atomic E-state index is 11.2. The Morgan fingerprint density at radius 3 is 3.00 bits per heavy atom. The lowest BCUT2D eigenvalue weighted by Gasteiger charge is -2.10. The molecule has 1 aromatic heterocycles. The predicted molar refractivity (Wildman–Crippen MR) is 44.2 cm³/mol. The summed E-state index contributed by atoms with van der Waals surface area (Å²) in [5.74, 6) is 0.542. The normalized spacial score (nSPS) is 20.3. The summed E-state index contributed by atoms with van der Waals surface area (Å²) in [5, 5.41) is 6.48. The largest absolute Gasteiger partial charge is 0.382 e. The third-order valence-corrected chi connectivity index (χ3v) is 3.57. The first kappa shape index (κ1) is 7.60. The molecule has 0 aliphatic carbocycles. The van der Waals surface area contributed by atoms with E-state index in [0.717, 1.165) is 5.69 Å². The van der Waals surface area contributed by atoms with Gasteiger partial charge in [0.1, 0.15) is 5.82 Å². The van der Waals surface area contributed by atoms with E-state index in [2.05, 4.69) is 10.2 Å². The average Bonchev–Trinajstić information content (AvgIpc) is 2.31. The lowest BCUT2D eigenvalue weighted by Crippen LogP contribution is -2.18. The van der Waals surface area contributed by atoms with Gasteiger partial charge in [-0.25, -0.2) is 8.42 Å². The Hall–Kier alpha value is -1.04. The van der Waals surface area contributed by atoms with Gasteiger partial charge < -0.3 is 5.73 Å². The molecule has 1 aliphatic rings. The van der Waals surface area contributed by atoms with E-state index in [4.69, 9.17) is 5.73 Å². The van der Waals surface area contributed by atoms with Gasteiger partial charge in [0, 0.05) is 17.7 Å². The molecule has 66 valence electrons. The highest BCUT2D eigenvalue weighted by atomic mass is 32.2. The molecule has 0 unspecified atom stereocenters. The summed E-state index contributed by atoms with van der Waals surface area (Å²) in [6, 6.07) is 0. The summed E-state index contributed by atoms with van der Waals surface area (Å²) < 4.78 is 22.3. The molecule has 0 saturated heterocycles. The number of aromatic nitrogens is 2. The molecular weight excluding hydrogens is 178 g/mol. The Kier molecular flexibility index (Phi) is 1.41. The second-order valence-corrected chi connectivity index (χ2v) is 5.09. The average molecular weight is 187 g/mol. The van der Waals surface area contributed by atoms with Crippen molar-refractivity contribution in [2.24, 2.45) is 0 Å². The van der Waals surface area contributed by atoms with Crippen LogP contribution in [0.15, 0.2) is 0 Å². The van der Waals surface area contributed by atoms with Gasteiger partial charge in [-0.05, 0) is 0 Å². The minimum atomic E-state index is -2.93. The fourth-order valence-corrected chi connectivity index (χ4v) is 2.76. The Labute approximate surface area is 69.9 Å². The van der Waals surface area contributed by atoms with Crippen molar-refractivity contribution < 1.29 is 8.42 Å². The van der Waals surface area contributed by atoms with Crippen molar-refractivity contribution >= 4 is 15.7 Å². The van der Waals surface area contributed by atoms with Crippen molar-refractivity contribution in [2.45, 2.75) is 12.2 Å². The molecule has 1 aromatic rings. The van der Waals surface area contributed by atoms with Crippen LogP contribution in [0.2, 0.25) is 0 Å². The van der Waals surface area contributed by atoms with Gasteiger partial charge in [0.05, 0.1) is 11.5 Å². The van der Waals surface area contributed by atoms with E-state index >= 15 is 0 Å².